The standard InChI is InChI=1S/C18H21N3O3/c1-12-19-20-17(24-12)16-11-23-9-8-21(16)18(22)15-7-6-13-4-2-3-5-14(13)10-15/h6-7,10,16H,2-5,8-9,11H2,1H3/t16-/m0/s1. The summed E-state index contributed by atoms with van der Waals surface area (Å²) in [7, 11) is 0. The van der Waals surface area contributed by atoms with E-state index in [4.69, 9.17) is 9.15 Å². The van der Waals surface area contributed by atoms with Crippen molar-refractivity contribution in [2.75, 3.05) is 19.8 Å². The Morgan fingerprint density at radius 3 is 2.83 bits per heavy atom. The third kappa shape index (κ3) is 2.82. The molecule has 1 aromatic heterocycles. The Kier molecular flexibility index (Phi) is 4.06. The van der Waals surface area contributed by atoms with Crippen LogP contribution < -0.4 is 0 Å². The molecule has 0 unspecified atom stereocenters. The lowest BCUT2D eigenvalue weighted by atomic mass is 9.90. The maximum absolute atomic E-state index is 13.1. The molecule has 24 heavy (non-hydrogen) atoms. The number of benzene rings is 1. The molecule has 1 aromatic carbocycles. The molecule has 0 radical (unpaired) electrons. The van der Waals surface area contributed by atoms with Gasteiger partial charge in [0.2, 0.25) is 11.8 Å². The molecule has 1 aliphatic carbocycles. The molecule has 2 aromatic rings. The SMILES string of the molecule is Cc1nnc([C@@H]2COCCN2C(=O)c2ccc3c(c2)CCCC3)o1. The molecule has 0 N–H and O–H groups in total. The van der Waals surface area contributed by atoms with Crippen LogP contribution in [0.2, 0.25) is 0 Å². The maximum atomic E-state index is 13.1. The highest BCUT2D eigenvalue weighted by molar-refractivity contribution is 5.94. The summed E-state index contributed by atoms with van der Waals surface area (Å²) in [6, 6.07) is 5.79. The van der Waals surface area contributed by atoms with Gasteiger partial charge in [0.05, 0.1) is 13.2 Å². The monoisotopic (exact) mass is 327 g/mol. The molecule has 6 heteroatoms. The van der Waals surface area contributed by atoms with Crippen LogP contribution in [-0.2, 0) is 17.6 Å². The first-order valence-corrected chi connectivity index (χ1v) is 8.53. The predicted molar refractivity (Wildman–Crippen MR) is 86.7 cm³/mol. The van der Waals surface area contributed by atoms with Crippen LogP contribution in [-0.4, -0.2) is 40.8 Å². The molecule has 2 aliphatic rings. The Balaban J connectivity index is 1.62. The molecule has 126 valence electrons. The van der Waals surface area contributed by atoms with E-state index >= 15 is 0 Å². The number of nitrogens with zero attached hydrogens (tertiary/aromatic N) is 3. The van der Waals surface area contributed by atoms with Crippen LogP contribution >= 0.6 is 0 Å². The minimum atomic E-state index is -0.316. The van der Waals surface area contributed by atoms with Crippen LogP contribution in [0.4, 0.5) is 0 Å². The van der Waals surface area contributed by atoms with Gasteiger partial charge in [0.1, 0.15) is 6.04 Å². The van der Waals surface area contributed by atoms with E-state index in [1.807, 2.05) is 6.07 Å². The number of morpholine rings is 1. The van der Waals surface area contributed by atoms with E-state index in [0.717, 1.165) is 18.4 Å². The summed E-state index contributed by atoms with van der Waals surface area (Å²) in [5.74, 6) is 0.947. The number of rotatable bonds is 2. The molecule has 4 rings (SSSR count). The van der Waals surface area contributed by atoms with E-state index in [-0.39, 0.29) is 11.9 Å². The molecule has 1 saturated heterocycles. The number of hydrogen-bond donors (Lipinski definition) is 0. The topological polar surface area (TPSA) is 68.5 Å². The summed E-state index contributed by atoms with van der Waals surface area (Å²) in [4.78, 5) is 14.8. The number of carbonyl (C=O) groups excluding carboxylic acids is 1. The van der Waals surface area contributed by atoms with Crippen LogP contribution in [0, 0.1) is 6.92 Å². The average molecular weight is 327 g/mol. The fourth-order valence-electron chi connectivity index (χ4n) is 3.53. The molecule has 1 aliphatic heterocycles. The van der Waals surface area contributed by atoms with E-state index in [0.29, 0.717) is 31.5 Å². The molecule has 0 saturated carbocycles. The summed E-state index contributed by atoms with van der Waals surface area (Å²) in [5, 5.41) is 7.95. The largest absolute Gasteiger partial charge is 0.423 e. The van der Waals surface area contributed by atoms with Crippen LogP contribution in [0.1, 0.15) is 52.1 Å². The average Bonchev–Trinajstić information content (AvgIpc) is 3.07. The smallest absolute Gasteiger partial charge is 0.254 e. The highest BCUT2D eigenvalue weighted by Crippen LogP contribution is 2.27. The van der Waals surface area contributed by atoms with Gasteiger partial charge in [-0.05, 0) is 48.9 Å². The molecule has 2 heterocycles. The van der Waals surface area contributed by atoms with Gasteiger partial charge >= 0.3 is 0 Å². The van der Waals surface area contributed by atoms with Crippen molar-refractivity contribution >= 4 is 5.91 Å². The Morgan fingerprint density at radius 2 is 2.04 bits per heavy atom. The zero-order valence-electron chi connectivity index (χ0n) is 13.8. The van der Waals surface area contributed by atoms with Gasteiger partial charge in [0, 0.05) is 19.0 Å². The van der Waals surface area contributed by atoms with E-state index in [1.54, 1.807) is 11.8 Å². The highest BCUT2D eigenvalue weighted by Gasteiger charge is 2.33. The summed E-state index contributed by atoms with van der Waals surface area (Å²) in [5.41, 5.74) is 3.42. The molecular formula is C18H21N3O3. The van der Waals surface area contributed by atoms with E-state index in [1.165, 1.54) is 24.0 Å². The van der Waals surface area contributed by atoms with Gasteiger partial charge in [0.15, 0.2) is 0 Å². The second kappa shape index (κ2) is 6.36. The molecule has 1 fully saturated rings. The van der Waals surface area contributed by atoms with Gasteiger partial charge < -0.3 is 14.1 Å². The molecule has 6 nitrogen and oxygen atoms in total. The second-order valence-electron chi connectivity index (χ2n) is 6.44. The predicted octanol–water partition coefficient (Wildman–Crippen LogP) is 2.47. The van der Waals surface area contributed by atoms with Crippen LogP contribution in [0.15, 0.2) is 22.6 Å². The van der Waals surface area contributed by atoms with Gasteiger partial charge in [0.25, 0.3) is 5.91 Å². The summed E-state index contributed by atoms with van der Waals surface area (Å²) in [6.07, 6.45) is 4.62. The number of hydrogen-bond acceptors (Lipinski definition) is 5. The number of carbonyl (C=O) groups is 1. The van der Waals surface area contributed by atoms with E-state index in [2.05, 4.69) is 22.3 Å². The molecule has 0 bridgehead atoms. The minimum Gasteiger partial charge on any atom is -0.423 e. The molecule has 1 atom stereocenters. The Bertz CT molecular complexity index is 756. The number of amides is 1. The summed E-state index contributed by atoms with van der Waals surface area (Å²) in [6.45, 7) is 3.19. The highest BCUT2D eigenvalue weighted by atomic mass is 16.5. The van der Waals surface area contributed by atoms with Crippen molar-refractivity contribution in [3.63, 3.8) is 0 Å². The Morgan fingerprint density at radius 1 is 1.21 bits per heavy atom. The zero-order chi connectivity index (χ0) is 16.5. The first-order valence-electron chi connectivity index (χ1n) is 8.53. The van der Waals surface area contributed by atoms with E-state index < -0.39 is 0 Å². The van der Waals surface area contributed by atoms with Gasteiger partial charge in [-0.1, -0.05) is 6.07 Å². The fourth-order valence-corrected chi connectivity index (χ4v) is 3.53. The number of fused-ring (bicyclic) bond motifs is 1. The van der Waals surface area contributed by atoms with Crippen molar-refractivity contribution in [1.82, 2.24) is 15.1 Å². The Labute approximate surface area is 140 Å². The first-order chi connectivity index (χ1) is 11.7. The van der Waals surface area contributed by atoms with Crippen molar-refractivity contribution in [3.05, 3.63) is 46.7 Å². The van der Waals surface area contributed by atoms with Crippen molar-refractivity contribution in [2.24, 2.45) is 0 Å². The van der Waals surface area contributed by atoms with Crippen LogP contribution in [0.3, 0.4) is 0 Å². The van der Waals surface area contributed by atoms with E-state index in [9.17, 15) is 4.79 Å². The lowest BCUT2D eigenvalue weighted by Gasteiger charge is -2.33. The quantitative estimate of drug-likeness (QED) is 0.847. The maximum Gasteiger partial charge on any atom is 0.254 e. The third-order valence-electron chi connectivity index (χ3n) is 4.81. The van der Waals surface area contributed by atoms with Gasteiger partial charge in [-0.2, -0.15) is 0 Å². The second-order valence-corrected chi connectivity index (χ2v) is 6.44. The van der Waals surface area contributed by atoms with Gasteiger partial charge in [-0.3, -0.25) is 4.79 Å². The Hall–Kier alpha value is -2.21. The summed E-state index contributed by atoms with van der Waals surface area (Å²) >= 11 is 0. The lowest BCUT2D eigenvalue weighted by Crippen LogP contribution is -2.43. The minimum absolute atomic E-state index is 0.00697. The number of ether oxygens (including phenoxy) is 1. The molecule has 1 amide bonds. The number of aryl methyl sites for hydroxylation is 3. The van der Waals surface area contributed by atoms with Crippen molar-refractivity contribution in [2.45, 2.75) is 38.6 Å². The summed E-state index contributed by atoms with van der Waals surface area (Å²) < 4.78 is 11.1. The molecule has 0 spiro atoms. The number of aromatic nitrogens is 2. The van der Waals surface area contributed by atoms with Crippen LogP contribution in [0.5, 0.6) is 0 Å². The van der Waals surface area contributed by atoms with Crippen LogP contribution in [0.25, 0.3) is 0 Å². The third-order valence-corrected chi connectivity index (χ3v) is 4.81. The van der Waals surface area contributed by atoms with Gasteiger partial charge in [-0.15, -0.1) is 10.2 Å². The molecular weight excluding hydrogens is 306 g/mol. The lowest BCUT2D eigenvalue weighted by molar-refractivity contribution is -0.0106. The zero-order valence-corrected chi connectivity index (χ0v) is 13.8. The van der Waals surface area contributed by atoms with Crippen molar-refractivity contribution in [3.8, 4) is 0 Å². The van der Waals surface area contributed by atoms with Crippen molar-refractivity contribution in [1.29, 1.82) is 0 Å². The first kappa shape index (κ1) is 15.3. The van der Waals surface area contributed by atoms with Crippen molar-refractivity contribution < 1.29 is 13.9 Å². The fraction of sp³-hybridized carbons (Fsp3) is 0.500. The van der Waals surface area contributed by atoms with Gasteiger partial charge in [-0.25, -0.2) is 0 Å². The normalized spacial score (nSPS) is 20.7.